The summed E-state index contributed by atoms with van der Waals surface area (Å²) in [5, 5.41) is 1.14. The first-order chi connectivity index (χ1) is 6.66. The van der Waals surface area contributed by atoms with E-state index in [9.17, 15) is 0 Å². The molecule has 14 heavy (non-hydrogen) atoms. The van der Waals surface area contributed by atoms with Crippen molar-refractivity contribution in [2.75, 3.05) is 0 Å². The number of hydrogen-bond acceptors (Lipinski definition) is 3. The van der Waals surface area contributed by atoms with Gasteiger partial charge in [0, 0.05) is 10.0 Å². The Hall–Kier alpha value is -0.450. The average Bonchev–Trinajstić information content (AvgIpc) is 2.56. The molecule has 0 bridgehead atoms. The molecule has 1 heterocycles. The number of benzene rings is 1. The standard InChI is InChI=1S/C9H6BrClN2S/c1-5-2-3-7(10)6(4-5)8-12-9(11)13-14-8/h2-4H,1H3. The fourth-order valence-electron chi connectivity index (χ4n) is 1.12. The van der Waals surface area contributed by atoms with Crippen molar-refractivity contribution in [3.05, 3.63) is 33.5 Å². The van der Waals surface area contributed by atoms with Crippen molar-refractivity contribution < 1.29 is 0 Å². The Balaban J connectivity index is 2.55. The van der Waals surface area contributed by atoms with Gasteiger partial charge in [-0.15, -0.1) is 0 Å². The summed E-state index contributed by atoms with van der Waals surface area (Å²) in [5.74, 6) is 0. The van der Waals surface area contributed by atoms with Crippen molar-refractivity contribution >= 4 is 39.1 Å². The fourth-order valence-corrected chi connectivity index (χ4v) is 2.52. The maximum Gasteiger partial charge on any atom is 0.234 e. The van der Waals surface area contributed by atoms with E-state index in [2.05, 4.69) is 31.4 Å². The molecule has 1 aromatic heterocycles. The van der Waals surface area contributed by atoms with Crippen LogP contribution in [0.25, 0.3) is 10.6 Å². The largest absolute Gasteiger partial charge is 0.234 e. The Morgan fingerprint density at radius 3 is 2.86 bits per heavy atom. The van der Waals surface area contributed by atoms with E-state index in [-0.39, 0.29) is 0 Å². The van der Waals surface area contributed by atoms with Crippen LogP contribution >= 0.6 is 39.1 Å². The van der Waals surface area contributed by atoms with Crippen LogP contribution in [0.5, 0.6) is 0 Å². The molecule has 5 heteroatoms. The molecule has 0 aliphatic carbocycles. The molecule has 2 aromatic rings. The van der Waals surface area contributed by atoms with Crippen molar-refractivity contribution in [1.29, 1.82) is 0 Å². The molecule has 0 saturated carbocycles. The molecular formula is C9H6BrClN2S. The predicted octanol–water partition coefficient (Wildman–Crippen LogP) is 3.93. The summed E-state index contributed by atoms with van der Waals surface area (Å²) < 4.78 is 4.95. The molecule has 0 spiro atoms. The molecule has 0 atom stereocenters. The lowest BCUT2D eigenvalue weighted by molar-refractivity contribution is 1.32. The Morgan fingerprint density at radius 1 is 1.43 bits per heavy atom. The molecule has 0 saturated heterocycles. The van der Waals surface area contributed by atoms with Crippen LogP contribution in [0.3, 0.4) is 0 Å². The number of rotatable bonds is 1. The van der Waals surface area contributed by atoms with Gasteiger partial charge in [-0.3, -0.25) is 0 Å². The molecule has 0 radical (unpaired) electrons. The van der Waals surface area contributed by atoms with E-state index < -0.39 is 0 Å². The molecule has 2 rings (SSSR count). The Labute approximate surface area is 99.2 Å². The third kappa shape index (κ3) is 1.97. The first-order valence-corrected chi connectivity index (χ1v) is 5.87. The van der Waals surface area contributed by atoms with E-state index in [0.29, 0.717) is 5.28 Å². The van der Waals surface area contributed by atoms with Crippen LogP contribution in [0.2, 0.25) is 5.28 Å². The minimum atomic E-state index is 0.304. The lowest BCUT2D eigenvalue weighted by Gasteiger charge is -2.00. The molecule has 1 aromatic carbocycles. The lowest BCUT2D eigenvalue weighted by atomic mass is 10.1. The second-order valence-corrected chi connectivity index (χ2v) is 4.80. The van der Waals surface area contributed by atoms with Crippen molar-refractivity contribution in [2.24, 2.45) is 0 Å². The van der Waals surface area contributed by atoms with Crippen molar-refractivity contribution in [3.63, 3.8) is 0 Å². The quantitative estimate of drug-likeness (QED) is 0.795. The van der Waals surface area contributed by atoms with Crippen LogP contribution < -0.4 is 0 Å². The molecule has 0 fully saturated rings. The first kappa shape index (κ1) is 10.1. The number of aromatic nitrogens is 2. The van der Waals surface area contributed by atoms with E-state index in [1.54, 1.807) is 0 Å². The van der Waals surface area contributed by atoms with Crippen LogP contribution in [-0.4, -0.2) is 9.36 Å². The zero-order chi connectivity index (χ0) is 10.1. The van der Waals surface area contributed by atoms with E-state index in [0.717, 1.165) is 15.0 Å². The third-order valence-electron chi connectivity index (χ3n) is 1.75. The van der Waals surface area contributed by atoms with Gasteiger partial charge in [0.15, 0.2) is 0 Å². The van der Waals surface area contributed by atoms with Crippen molar-refractivity contribution in [2.45, 2.75) is 6.92 Å². The molecule has 0 unspecified atom stereocenters. The normalized spacial score (nSPS) is 10.5. The smallest absolute Gasteiger partial charge is 0.205 e. The van der Waals surface area contributed by atoms with E-state index in [4.69, 9.17) is 11.6 Å². The molecular weight excluding hydrogens is 284 g/mol. The summed E-state index contributed by atoms with van der Waals surface area (Å²) in [4.78, 5) is 4.13. The molecule has 0 aliphatic heterocycles. The van der Waals surface area contributed by atoms with Gasteiger partial charge < -0.3 is 0 Å². The number of halogens is 2. The van der Waals surface area contributed by atoms with E-state index in [1.807, 2.05) is 19.1 Å². The average molecular weight is 290 g/mol. The van der Waals surface area contributed by atoms with Gasteiger partial charge in [0.2, 0.25) is 5.28 Å². The van der Waals surface area contributed by atoms with E-state index >= 15 is 0 Å². The van der Waals surface area contributed by atoms with Crippen molar-refractivity contribution in [1.82, 2.24) is 9.36 Å². The van der Waals surface area contributed by atoms with Gasteiger partial charge in [0.1, 0.15) is 5.01 Å². The minimum Gasteiger partial charge on any atom is -0.205 e. The monoisotopic (exact) mass is 288 g/mol. The van der Waals surface area contributed by atoms with Gasteiger partial charge in [-0.1, -0.05) is 27.6 Å². The van der Waals surface area contributed by atoms with Crippen LogP contribution in [0.4, 0.5) is 0 Å². The summed E-state index contributed by atoms with van der Waals surface area (Å²) in [6.07, 6.45) is 0. The van der Waals surface area contributed by atoms with Crippen LogP contribution in [0.15, 0.2) is 22.7 Å². The topological polar surface area (TPSA) is 25.8 Å². The third-order valence-corrected chi connectivity index (χ3v) is 3.46. The maximum atomic E-state index is 5.68. The van der Waals surface area contributed by atoms with Gasteiger partial charge in [0.05, 0.1) is 0 Å². The first-order valence-electron chi connectivity index (χ1n) is 3.92. The number of hydrogen-bond donors (Lipinski definition) is 0. The summed E-state index contributed by atoms with van der Waals surface area (Å²) in [7, 11) is 0. The fraction of sp³-hybridized carbons (Fsp3) is 0.111. The highest BCUT2D eigenvalue weighted by Gasteiger charge is 2.08. The molecule has 0 aliphatic rings. The van der Waals surface area contributed by atoms with Gasteiger partial charge >= 0.3 is 0 Å². The predicted molar refractivity (Wildman–Crippen MR) is 62.8 cm³/mol. The molecule has 0 N–H and O–H groups in total. The van der Waals surface area contributed by atoms with Crippen LogP contribution in [0.1, 0.15) is 5.56 Å². The molecule has 72 valence electrons. The second-order valence-electron chi connectivity index (χ2n) is 2.85. The van der Waals surface area contributed by atoms with Gasteiger partial charge in [0.25, 0.3) is 0 Å². The van der Waals surface area contributed by atoms with Crippen LogP contribution in [-0.2, 0) is 0 Å². The SMILES string of the molecule is Cc1ccc(Br)c(-c2nc(Cl)ns2)c1. The lowest BCUT2D eigenvalue weighted by Crippen LogP contribution is -1.80. The van der Waals surface area contributed by atoms with Gasteiger partial charge in [-0.05, 0) is 42.2 Å². The Bertz CT molecular complexity index is 470. The molecule has 0 amide bonds. The van der Waals surface area contributed by atoms with Gasteiger partial charge in [-0.2, -0.15) is 4.37 Å². The summed E-state index contributed by atoms with van der Waals surface area (Å²) >= 11 is 10.4. The van der Waals surface area contributed by atoms with Crippen molar-refractivity contribution in [3.8, 4) is 10.6 Å². The summed E-state index contributed by atoms with van der Waals surface area (Å²) in [6, 6.07) is 6.09. The maximum absolute atomic E-state index is 5.68. The Kier molecular flexibility index (Phi) is 2.85. The minimum absolute atomic E-state index is 0.304. The highest BCUT2D eigenvalue weighted by molar-refractivity contribution is 9.10. The zero-order valence-corrected chi connectivity index (χ0v) is 10.4. The molecule has 2 nitrogen and oxygen atoms in total. The number of nitrogens with zero attached hydrogens (tertiary/aromatic N) is 2. The summed E-state index contributed by atoms with van der Waals surface area (Å²) in [5.41, 5.74) is 2.23. The zero-order valence-electron chi connectivity index (χ0n) is 7.29. The van der Waals surface area contributed by atoms with Gasteiger partial charge in [-0.25, -0.2) is 4.98 Å². The van der Waals surface area contributed by atoms with Crippen LogP contribution in [0, 0.1) is 6.92 Å². The Morgan fingerprint density at radius 2 is 2.21 bits per heavy atom. The highest BCUT2D eigenvalue weighted by Crippen LogP contribution is 2.30. The van der Waals surface area contributed by atoms with E-state index in [1.165, 1.54) is 17.1 Å². The number of aryl methyl sites for hydroxylation is 1. The summed E-state index contributed by atoms with van der Waals surface area (Å²) in [6.45, 7) is 2.04. The second kappa shape index (κ2) is 3.96. The highest BCUT2D eigenvalue weighted by atomic mass is 79.9.